The van der Waals surface area contributed by atoms with Crippen molar-refractivity contribution < 1.29 is 18.3 Å². The van der Waals surface area contributed by atoms with E-state index >= 15 is 0 Å². The van der Waals surface area contributed by atoms with Crippen molar-refractivity contribution in [3.05, 3.63) is 35.9 Å². The van der Waals surface area contributed by atoms with Gasteiger partial charge < -0.3 is 15.7 Å². The molecule has 0 aliphatic carbocycles. The maximum absolute atomic E-state index is 12.1. The van der Waals surface area contributed by atoms with Gasteiger partial charge in [-0.05, 0) is 12.6 Å². The minimum Gasteiger partial charge on any atom is -0.394 e. The maximum Gasteiger partial charge on any atom is 0.390 e. The molecule has 108 valence electrons. The van der Waals surface area contributed by atoms with Gasteiger partial charge in [0.15, 0.2) is 0 Å². The van der Waals surface area contributed by atoms with Crippen molar-refractivity contribution in [2.45, 2.75) is 18.1 Å². The third-order valence-corrected chi connectivity index (χ3v) is 2.96. The molecule has 0 fully saturated rings. The molecule has 0 aliphatic heterocycles. The second-order valence-corrected chi connectivity index (χ2v) is 4.78. The minimum atomic E-state index is -4.18. The largest absolute Gasteiger partial charge is 0.394 e. The molecule has 1 aromatic carbocycles. The maximum atomic E-state index is 12.1. The van der Waals surface area contributed by atoms with E-state index in [4.69, 9.17) is 5.73 Å². The van der Waals surface area contributed by atoms with Crippen LogP contribution in [-0.4, -0.2) is 42.9 Å². The average Bonchev–Trinajstić information content (AvgIpc) is 2.36. The minimum absolute atomic E-state index is 0.144. The number of likely N-dealkylation sites (N-methyl/N-ethyl adjacent to an activating group) is 1. The van der Waals surface area contributed by atoms with Gasteiger partial charge in [0.1, 0.15) is 0 Å². The molecule has 19 heavy (non-hydrogen) atoms. The Balaban J connectivity index is 2.66. The molecule has 0 saturated carbocycles. The fraction of sp³-hybridized carbons (Fsp3) is 0.538. The molecule has 0 bridgehead atoms. The monoisotopic (exact) mass is 276 g/mol. The van der Waals surface area contributed by atoms with Gasteiger partial charge in [-0.15, -0.1) is 0 Å². The molecule has 1 rings (SSSR count). The molecule has 3 N–H and O–H groups in total. The molecular weight excluding hydrogens is 257 g/mol. The van der Waals surface area contributed by atoms with Crippen LogP contribution in [0.2, 0.25) is 0 Å². The molecular formula is C13H19F3N2O. The number of aliphatic hydroxyl groups excluding tert-OH is 1. The van der Waals surface area contributed by atoms with E-state index in [2.05, 4.69) is 0 Å². The summed E-state index contributed by atoms with van der Waals surface area (Å²) in [4.78, 5) is 1.48. The van der Waals surface area contributed by atoms with Gasteiger partial charge in [-0.1, -0.05) is 30.3 Å². The normalized spacial score (nSPS) is 15.5. The lowest BCUT2D eigenvalue weighted by Gasteiger charge is -2.32. The van der Waals surface area contributed by atoms with E-state index in [1.165, 1.54) is 4.90 Å². The standard InChI is InChI=1S/C13H19F3N2O/c1-18(8-7-13(14,15)16)9-12(17,10-19)11-5-3-2-4-6-11/h2-6,19H,7-10,17H2,1H3. The highest BCUT2D eigenvalue weighted by atomic mass is 19.4. The molecule has 6 heteroatoms. The molecule has 1 unspecified atom stereocenters. The van der Waals surface area contributed by atoms with Crippen LogP contribution in [0.4, 0.5) is 13.2 Å². The fourth-order valence-electron chi connectivity index (χ4n) is 1.88. The van der Waals surface area contributed by atoms with Gasteiger partial charge in [0.2, 0.25) is 0 Å². The van der Waals surface area contributed by atoms with Crippen molar-refractivity contribution in [1.82, 2.24) is 4.90 Å². The number of hydrogen-bond acceptors (Lipinski definition) is 3. The summed E-state index contributed by atoms with van der Waals surface area (Å²) in [6.07, 6.45) is -5.07. The Morgan fingerprint density at radius 3 is 2.26 bits per heavy atom. The number of benzene rings is 1. The second-order valence-electron chi connectivity index (χ2n) is 4.78. The van der Waals surface area contributed by atoms with Crippen LogP contribution in [-0.2, 0) is 5.54 Å². The molecule has 0 radical (unpaired) electrons. The highest BCUT2D eigenvalue weighted by Crippen LogP contribution is 2.22. The van der Waals surface area contributed by atoms with Crippen molar-refractivity contribution in [3.63, 3.8) is 0 Å². The van der Waals surface area contributed by atoms with Crippen LogP contribution in [0, 0.1) is 0 Å². The molecule has 3 nitrogen and oxygen atoms in total. The molecule has 0 aliphatic rings. The van der Waals surface area contributed by atoms with Gasteiger partial charge >= 0.3 is 6.18 Å². The molecule has 0 aromatic heterocycles. The zero-order valence-corrected chi connectivity index (χ0v) is 10.8. The highest BCUT2D eigenvalue weighted by Gasteiger charge is 2.31. The van der Waals surface area contributed by atoms with Crippen molar-refractivity contribution >= 4 is 0 Å². The third kappa shape index (κ3) is 5.18. The van der Waals surface area contributed by atoms with E-state index in [0.29, 0.717) is 5.56 Å². The Bertz CT molecular complexity index is 383. The predicted octanol–water partition coefficient (Wildman–Crippen LogP) is 1.72. The van der Waals surface area contributed by atoms with E-state index in [1.807, 2.05) is 6.07 Å². The number of rotatable bonds is 6. The fourth-order valence-corrected chi connectivity index (χ4v) is 1.88. The predicted molar refractivity (Wildman–Crippen MR) is 67.6 cm³/mol. The zero-order valence-electron chi connectivity index (χ0n) is 10.8. The quantitative estimate of drug-likeness (QED) is 0.831. The van der Waals surface area contributed by atoms with Gasteiger partial charge in [-0.3, -0.25) is 0 Å². The summed E-state index contributed by atoms with van der Waals surface area (Å²) >= 11 is 0. The number of halogens is 3. The Morgan fingerprint density at radius 1 is 1.21 bits per heavy atom. The van der Waals surface area contributed by atoms with Gasteiger partial charge in [0.05, 0.1) is 18.6 Å². The van der Waals surface area contributed by atoms with Crippen LogP contribution in [0.3, 0.4) is 0 Å². The van der Waals surface area contributed by atoms with Crippen molar-refractivity contribution in [3.8, 4) is 0 Å². The van der Waals surface area contributed by atoms with Crippen LogP contribution in [0.25, 0.3) is 0 Å². The van der Waals surface area contributed by atoms with Gasteiger partial charge in [-0.2, -0.15) is 13.2 Å². The lowest BCUT2D eigenvalue weighted by Crippen LogP contribution is -2.50. The summed E-state index contributed by atoms with van der Waals surface area (Å²) in [5, 5.41) is 9.44. The first kappa shape index (κ1) is 15.9. The Morgan fingerprint density at radius 2 is 1.79 bits per heavy atom. The first-order valence-electron chi connectivity index (χ1n) is 5.97. The number of nitrogens with two attached hydrogens (primary N) is 1. The average molecular weight is 276 g/mol. The van der Waals surface area contributed by atoms with Crippen molar-refractivity contribution in [2.24, 2.45) is 5.73 Å². The Labute approximate surface area is 110 Å². The first-order valence-corrected chi connectivity index (χ1v) is 5.97. The summed E-state index contributed by atoms with van der Waals surface area (Å²) in [6, 6.07) is 8.89. The van der Waals surface area contributed by atoms with Crippen LogP contribution < -0.4 is 5.73 Å². The summed E-state index contributed by atoms with van der Waals surface area (Å²) in [6.45, 7) is -0.313. The van der Waals surface area contributed by atoms with Crippen molar-refractivity contribution in [1.29, 1.82) is 0 Å². The van der Waals surface area contributed by atoms with Crippen molar-refractivity contribution in [2.75, 3.05) is 26.7 Å². The smallest absolute Gasteiger partial charge is 0.390 e. The first-order chi connectivity index (χ1) is 8.77. The lowest BCUT2D eigenvalue weighted by atomic mass is 9.91. The highest BCUT2D eigenvalue weighted by molar-refractivity contribution is 5.24. The van der Waals surface area contributed by atoms with Crippen LogP contribution in [0.1, 0.15) is 12.0 Å². The van der Waals surface area contributed by atoms with Gasteiger partial charge in [-0.25, -0.2) is 0 Å². The van der Waals surface area contributed by atoms with E-state index in [0.717, 1.165) is 0 Å². The molecule has 1 aromatic rings. The van der Waals surface area contributed by atoms with E-state index < -0.39 is 18.1 Å². The summed E-state index contributed by atoms with van der Waals surface area (Å²) in [5.74, 6) is 0. The third-order valence-electron chi connectivity index (χ3n) is 2.96. The zero-order chi connectivity index (χ0) is 14.5. The molecule has 0 heterocycles. The molecule has 0 spiro atoms. The summed E-state index contributed by atoms with van der Waals surface area (Å²) in [7, 11) is 1.56. The summed E-state index contributed by atoms with van der Waals surface area (Å²) < 4.78 is 36.4. The SMILES string of the molecule is CN(CCC(F)(F)F)CC(N)(CO)c1ccccc1. The number of aliphatic hydroxyl groups is 1. The number of hydrogen-bond donors (Lipinski definition) is 2. The van der Waals surface area contributed by atoms with Crippen LogP contribution in [0.5, 0.6) is 0 Å². The molecule has 0 amide bonds. The van der Waals surface area contributed by atoms with Gasteiger partial charge in [0, 0.05) is 13.1 Å². The van der Waals surface area contributed by atoms with Crippen LogP contribution >= 0.6 is 0 Å². The molecule has 1 atom stereocenters. The Kier molecular flexibility index (Phi) is 5.34. The molecule has 0 saturated heterocycles. The number of alkyl halides is 3. The Hall–Kier alpha value is -1.11. The second kappa shape index (κ2) is 6.36. The lowest BCUT2D eigenvalue weighted by molar-refractivity contribution is -0.137. The van der Waals surface area contributed by atoms with E-state index in [9.17, 15) is 18.3 Å². The summed E-state index contributed by atoms with van der Waals surface area (Å²) in [5.41, 5.74) is 5.74. The van der Waals surface area contributed by atoms with E-state index in [1.54, 1.807) is 31.3 Å². The van der Waals surface area contributed by atoms with E-state index in [-0.39, 0.29) is 19.7 Å². The van der Waals surface area contributed by atoms with Crippen LogP contribution in [0.15, 0.2) is 30.3 Å². The topological polar surface area (TPSA) is 49.5 Å². The van der Waals surface area contributed by atoms with Gasteiger partial charge in [0.25, 0.3) is 0 Å². The number of nitrogens with zero attached hydrogens (tertiary/aromatic N) is 1.